The molecule has 2 heterocycles. The van der Waals surface area contributed by atoms with E-state index in [1.807, 2.05) is 24.1 Å². The van der Waals surface area contributed by atoms with E-state index in [2.05, 4.69) is 4.98 Å². The van der Waals surface area contributed by atoms with Gasteiger partial charge in [-0.25, -0.2) is 9.78 Å². The summed E-state index contributed by atoms with van der Waals surface area (Å²) in [6, 6.07) is 8.73. The molecule has 0 bridgehead atoms. The maximum atomic E-state index is 10.8. The molecule has 0 unspecified atom stereocenters. The van der Waals surface area contributed by atoms with E-state index in [-0.39, 0.29) is 5.69 Å². The van der Waals surface area contributed by atoms with Crippen molar-refractivity contribution in [2.24, 2.45) is 0 Å². The lowest BCUT2D eigenvalue weighted by atomic mass is 10.3. The first-order chi connectivity index (χ1) is 8.56. The van der Waals surface area contributed by atoms with Crippen LogP contribution in [0.1, 0.15) is 15.4 Å². The van der Waals surface area contributed by atoms with E-state index in [4.69, 9.17) is 16.7 Å². The highest BCUT2D eigenvalue weighted by Gasteiger charge is 2.09. The summed E-state index contributed by atoms with van der Waals surface area (Å²) in [5.74, 6) is -0.399. The first-order valence-corrected chi connectivity index (χ1v) is 6.41. The Morgan fingerprint density at radius 3 is 2.83 bits per heavy atom. The highest BCUT2D eigenvalue weighted by Crippen LogP contribution is 2.23. The zero-order valence-electron chi connectivity index (χ0n) is 9.63. The highest BCUT2D eigenvalue weighted by molar-refractivity contribution is 7.16. The van der Waals surface area contributed by atoms with Gasteiger partial charge in [0.2, 0.25) is 0 Å². The van der Waals surface area contributed by atoms with Crippen LogP contribution in [-0.4, -0.2) is 23.1 Å². The lowest BCUT2D eigenvalue weighted by molar-refractivity contribution is 0.0690. The van der Waals surface area contributed by atoms with Crippen LogP contribution in [-0.2, 0) is 6.54 Å². The summed E-state index contributed by atoms with van der Waals surface area (Å²) in [6.07, 6.45) is 0. The van der Waals surface area contributed by atoms with Crippen molar-refractivity contribution in [1.29, 1.82) is 0 Å². The quantitative estimate of drug-likeness (QED) is 0.936. The molecule has 1 N–H and O–H groups in total. The second kappa shape index (κ2) is 5.37. The van der Waals surface area contributed by atoms with Gasteiger partial charge in [0.05, 0.1) is 10.9 Å². The number of hydrogen-bond donors (Lipinski definition) is 1. The van der Waals surface area contributed by atoms with Crippen molar-refractivity contribution in [3.8, 4) is 0 Å². The molecule has 0 aliphatic rings. The van der Waals surface area contributed by atoms with Gasteiger partial charge >= 0.3 is 5.97 Å². The molecule has 4 nitrogen and oxygen atoms in total. The van der Waals surface area contributed by atoms with Gasteiger partial charge in [0.15, 0.2) is 5.69 Å². The molecule has 94 valence electrons. The highest BCUT2D eigenvalue weighted by atomic mass is 35.5. The van der Waals surface area contributed by atoms with Gasteiger partial charge in [-0.2, -0.15) is 0 Å². The van der Waals surface area contributed by atoms with Crippen LogP contribution >= 0.6 is 22.9 Å². The zero-order chi connectivity index (χ0) is 13.1. The number of pyridine rings is 1. The van der Waals surface area contributed by atoms with Gasteiger partial charge in [0.25, 0.3) is 0 Å². The summed E-state index contributed by atoms with van der Waals surface area (Å²) in [4.78, 5) is 17.9. The van der Waals surface area contributed by atoms with Crippen molar-refractivity contribution in [3.05, 3.63) is 45.2 Å². The number of carboxylic acids is 1. The minimum atomic E-state index is -1.02. The molecule has 0 aromatic carbocycles. The topological polar surface area (TPSA) is 53.4 Å². The summed E-state index contributed by atoms with van der Waals surface area (Å²) in [5, 5.41) is 8.89. The maximum absolute atomic E-state index is 10.8. The van der Waals surface area contributed by atoms with Crippen LogP contribution in [0.3, 0.4) is 0 Å². The molecule has 0 amide bonds. The third-order valence-corrected chi connectivity index (χ3v) is 3.58. The Morgan fingerprint density at radius 2 is 2.22 bits per heavy atom. The molecule has 0 aliphatic heterocycles. The van der Waals surface area contributed by atoms with E-state index in [9.17, 15) is 4.79 Å². The fraction of sp³-hybridized carbons (Fsp3) is 0.167. The Bertz CT molecular complexity index is 571. The van der Waals surface area contributed by atoms with Crippen molar-refractivity contribution in [2.75, 3.05) is 11.9 Å². The van der Waals surface area contributed by atoms with Crippen LogP contribution in [0.15, 0.2) is 30.3 Å². The van der Waals surface area contributed by atoms with E-state index < -0.39 is 5.97 Å². The molecule has 6 heteroatoms. The van der Waals surface area contributed by atoms with E-state index in [1.54, 1.807) is 12.1 Å². The molecule has 2 aromatic rings. The standard InChI is InChI=1S/C12H11ClN2O2S/c1-15(7-8-5-6-10(13)18-8)11-4-2-3-9(14-11)12(16)17/h2-6H,7H2,1H3,(H,16,17). The Balaban J connectivity index is 2.15. The fourth-order valence-electron chi connectivity index (χ4n) is 1.51. The van der Waals surface area contributed by atoms with Crippen molar-refractivity contribution < 1.29 is 9.90 Å². The first kappa shape index (κ1) is 12.9. The van der Waals surface area contributed by atoms with E-state index in [0.717, 1.165) is 9.21 Å². The summed E-state index contributed by atoms with van der Waals surface area (Å²) in [7, 11) is 1.86. The predicted octanol–water partition coefficient (Wildman–Crippen LogP) is 3.13. The third kappa shape index (κ3) is 3.00. The van der Waals surface area contributed by atoms with Gasteiger partial charge in [-0.15, -0.1) is 11.3 Å². The average molecular weight is 283 g/mol. The van der Waals surface area contributed by atoms with E-state index in [0.29, 0.717) is 12.4 Å². The number of carboxylic acid groups (broad SMARTS) is 1. The average Bonchev–Trinajstić information content (AvgIpc) is 2.75. The number of aromatic carboxylic acids is 1. The lowest BCUT2D eigenvalue weighted by Gasteiger charge is -2.17. The van der Waals surface area contributed by atoms with Gasteiger partial charge in [0, 0.05) is 11.9 Å². The van der Waals surface area contributed by atoms with Crippen LogP contribution in [0, 0.1) is 0 Å². The van der Waals surface area contributed by atoms with Gasteiger partial charge < -0.3 is 10.0 Å². The number of thiophene rings is 1. The summed E-state index contributed by atoms with van der Waals surface area (Å²) >= 11 is 7.36. The summed E-state index contributed by atoms with van der Waals surface area (Å²) in [6.45, 7) is 0.646. The number of nitrogens with zero attached hydrogens (tertiary/aromatic N) is 2. The van der Waals surface area contributed by atoms with Gasteiger partial charge in [-0.1, -0.05) is 17.7 Å². The van der Waals surface area contributed by atoms with Crippen LogP contribution in [0.25, 0.3) is 0 Å². The van der Waals surface area contributed by atoms with Crippen LogP contribution in [0.2, 0.25) is 4.34 Å². The molecule has 0 radical (unpaired) electrons. The largest absolute Gasteiger partial charge is 0.477 e. The molecule has 0 atom stereocenters. The third-order valence-electron chi connectivity index (χ3n) is 2.37. The molecule has 0 fully saturated rings. The van der Waals surface area contributed by atoms with Crippen molar-refractivity contribution in [2.45, 2.75) is 6.54 Å². The SMILES string of the molecule is CN(Cc1ccc(Cl)s1)c1cccc(C(=O)O)n1. The summed E-state index contributed by atoms with van der Waals surface area (Å²) < 4.78 is 0.741. The normalized spacial score (nSPS) is 10.3. The van der Waals surface area contributed by atoms with Crippen molar-refractivity contribution >= 4 is 34.7 Å². The van der Waals surface area contributed by atoms with Crippen molar-refractivity contribution in [1.82, 2.24) is 4.98 Å². The molecule has 0 aliphatic carbocycles. The molecular weight excluding hydrogens is 272 g/mol. The predicted molar refractivity (Wildman–Crippen MR) is 72.6 cm³/mol. The molecule has 0 spiro atoms. The monoisotopic (exact) mass is 282 g/mol. The van der Waals surface area contributed by atoms with Gasteiger partial charge in [-0.05, 0) is 24.3 Å². The Morgan fingerprint density at radius 1 is 1.44 bits per heavy atom. The smallest absolute Gasteiger partial charge is 0.354 e. The second-order valence-electron chi connectivity index (χ2n) is 3.75. The number of aromatic nitrogens is 1. The lowest BCUT2D eigenvalue weighted by Crippen LogP contribution is -2.18. The fourth-order valence-corrected chi connectivity index (χ4v) is 2.65. The second-order valence-corrected chi connectivity index (χ2v) is 5.55. The zero-order valence-corrected chi connectivity index (χ0v) is 11.2. The van der Waals surface area contributed by atoms with Gasteiger partial charge in [0.1, 0.15) is 5.82 Å². The molecule has 18 heavy (non-hydrogen) atoms. The molecule has 0 saturated carbocycles. The Labute approximate surface area is 113 Å². The number of hydrogen-bond acceptors (Lipinski definition) is 4. The number of anilines is 1. The molecule has 2 aromatic heterocycles. The van der Waals surface area contributed by atoms with Crippen LogP contribution in [0.5, 0.6) is 0 Å². The molecule has 2 rings (SSSR count). The Kier molecular flexibility index (Phi) is 3.84. The number of carbonyl (C=O) groups is 1. The van der Waals surface area contributed by atoms with E-state index >= 15 is 0 Å². The van der Waals surface area contributed by atoms with E-state index in [1.165, 1.54) is 17.4 Å². The minimum Gasteiger partial charge on any atom is -0.477 e. The first-order valence-electron chi connectivity index (χ1n) is 5.22. The maximum Gasteiger partial charge on any atom is 0.354 e. The minimum absolute atomic E-state index is 0.0450. The summed E-state index contributed by atoms with van der Waals surface area (Å²) in [5.41, 5.74) is 0.0450. The van der Waals surface area contributed by atoms with Crippen molar-refractivity contribution in [3.63, 3.8) is 0 Å². The molecular formula is C12H11ClN2O2S. The van der Waals surface area contributed by atoms with Gasteiger partial charge in [-0.3, -0.25) is 0 Å². The number of halogens is 1. The Hall–Kier alpha value is -1.59. The van der Waals surface area contributed by atoms with Crippen LogP contribution < -0.4 is 4.90 Å². The number of rotatable bonds is 4. The molecule has 0 saturated heterocycles. The van der Waals surface area contributed by atoms with Crippen LogP contribution in [0.4, 0.5) is 5.82 Å².